The van der Waals surface area contributed by atoms with Crippen LogP contribution in [0.5, 0.6) is 5.75 Å². The van der Waals surface area contributed by atoms with Crippen LogP contribution < -0.4 is 10.5 Å². The number of hydrogen-bond acceptors (Lipinski definition) is 3. The third-order valence-corrected chi connectivity index (χ3v) is 2.35. The Balaban J connectivity index is 2.40. The Morgan fingerprint density at radius 1 is 1.38 bits per heavy atom. The molecule has 3 nitrogen and oxygen atoms in total. The number of hydrogen-bond donors (Lipinski definition) is 2. The molecule has 0 saturated heterocycles. The Morgan fingerprint density at radius 2 is 2.15 bits per heavy atom. The number of nitrogens with two attached hydrogens (primary N) is 1. The van der Waals surface area contributed by atoms with E-state index in [-0.39, 0.29) is 6.04 Å². The van der Waals surface area contributed by atoms with Gasteiger partial charge < -0.3 is 15.6 Å². The lowest BCUT2D eigenvalue weighted by Crippen LogP contribution is -2.28. The van der Waals surface area contributed by atoms with E-state index in [0.29, 0.717) is 13.0 Å². The molecular formula is C10H13NO2. The van der Waals surface area contributed by atoms with Crippen LogP contribution in [0.2, 0.25) is 0 Å². The molecule has 70 valence electrons. The molecule has 0 unspecified atom stereocenters. The molecule has 0 saturated carbocycles. The SMILES string of the molecule is N[C@H]1CCOc2ccccc2[C@H]1O. The van der Waals surface area contributed by atoms with Crippen LogP contribution >= 0.6 is 0 Å². The van der Waals surface area contributed by atoms with Crippen molar-refractivity contribution in [1.82, 2.24) is 0 Å². The summed E-state index contributed by atoms with van der Waals surface area (Å²) in [4.78, 5) is 0. The summed E-state index contributed by atoms with van der Waals surface area (Å²) in [6, 6.07) is 7.26. The summed E-state index contributed by atoms with van der Waals surface area (Å²) < 4.78 is 5.45. The summed E-state index contributed by atoms with van der Waals surface area (Å²) in [6.45, 7) is 0.579. The van der Waals surface area contributed by atoms with Crippen molar-refractivity contribution in [1.29, 1.82) is 0 Å². The first-order valence-corrected chi connectivity index (χ1v) is 4.44. The van der Waals surface area contributed by atoms with Crippen molar-refractivity contribution in [2.45, 2.75) is 18.6 Å². The van der Waals surface area contributed by atoms with E-state index >= 15 is 0 Å². The summed E-state index contributed by atoms with van der Waals surface area (Å²) >= 11 is 0. The second-order valence-electron chi connectivity index (χ2n) is 3.28. The fourth-order valence-electron chi connectivity index (χ4n) is 1.55. The summed E-state index contributed by atoms with van der Waals surface area (Å²) in [7, 11) is 0. The first kappa shape index (κ1) is 8.53. The maximum atomic E-state index is 9.80. The van der Waals surface area contributed by atoms with Gasteiger partial charge in [0.25, 0.3) is 0 Å². The minimum atomic E-state index is -0.598. The predicted molar refractivity (Wildman–Crippen MR) is 49.5 cm³/mol. The van der Waals surface area contributed by atoms with Crippen molar-refractivity contribution in [2.75, 3.05) is 6.61 Å². The van der Waals surface area contributed by atoms with Crippen molar-refractivity contribution in [2.24, 2.45) is 5.73 Å². The second-order valence-corrected chi connectivity index (χ2v) is 3.28. The fraction of sp³-hybridized carbons (Fsp3) is 0.400. The summed E-state index contributed by atoms with van der Waals surface area (Å²) in [5.41, 5.74) is 6.56. The Hall–Kier alpha value is -1.06. The number of fused-ring (bicyclic) bond motifs is 1. The number of ether oxygens (including phenoxy) is 1. The lowest BCUT2D eigenvalue weighted by molar-refractivity contribution is 0.145. The molecule has 3 N–H and O–H groups in total. The molecule has 1 aromatic carbocycles. The zero-order chi connectivity index (χ0) is 9.26. The average Bonchev–Trinajstić information content (AvgIpc) is 2.29. The van der Waals surface area contributed by atoms with E-state index in [1.807, 2.05) is 24.3 Å². The number of para-hydroxylation sites is 1. The zero-order valence-electron chi connectivity index (χ0n) is 7.31. The quantitative estimate of drug-likeness (QED) is 0.620. The van der Waals surface area contributed by atoms with Gasteiger partial charge in [0.2, 0.25) is 0 Å². The molecule has 1 aliphatic heterocycles. The normalized spacial score (nSPS) is 27.2. The summed E-state index contributed by atoms with van der Waals surface area (Å²) in [5.74, 6) is 0.753. The van der Waals surface area contributed by atoms with E-state index in [4.69, 9.17) is 10.5 Å². The van der Waals surface area contributed by atoms with E-state index in [0.717, 1.165) is 11.3 Å². The van der Waals surface area contributed by atoms with Crippen molar-refractivity contribution in [3.05, 3.63) is 29.8 Å². The molecule has 2 atom stereocenters. The first-order valence-electron chi connectivity index (χ1n) is 4.44. The smallest absolute Gasteiger partial charge is 0.125 e. The highest BCUT2D eigenvalue weighted by molar-refractivity contribution is 5.36. The predicted octanol–water partition coefficient (Wildman–Crippen LogP) is 0.830. The highest BCUT2D eigenvalue weighted by Crippen LogP contribution is 2.30. The molecule has 2 rings (SSSR count). The molecule has 13 heavy (non-hydrogen) atoms. The van der Waals surface area contributed by atoms with Gasteiger partial charge in [-0.2, -0.15) is 0 Å². The molecule has 0 fully saturated rings. The molecule has 0 radical (unpaired) electrons. The Kier molecular flexibility index (Phi) is 2.20. The molecule has 0 bridgehead atoms. The number of aliphatic hydroxyl groups is 1. The van der Waals surface area contributed by atoms with E-state index in [1.54, 1.807) is 0 Å². The molecule has 1 aromatic rings. The van der Waals surface area contributed by atoms with Crippen LogP contribution in [0.25, 0.3) is 0 Å². The van der Waals surface area contributed by atoms with Gasteiger partial charge >= 0.3 is 0 Å². The van der Waals surface area contributed by atoms with Crippen molar-refractivity contribution in [3.8, 4) is 5.75 Å². The van der Waals surface area contributed by atoms with Crippen LogP contribution in [0.1, 0.15) is 18.1 Å². The van der Waals surface area contributed by atoms with Crippen molar-refractivity contribution in [3.63, 3.8) is 0 Å². The van der Waals surface area contributed by atoms with Crippen molar-refractivity contribution < 1.29 is 9.84 Å². The zero-order valence-corrected chi connectivity index (χ0v) is 7.31. The minimum absolute atomic E-state index is 0.219. The van der Waals surface area contributed by atoms with Crippen LogP contribution in [0.4, 0.5) is 0 Å². The van der Waals surface area contributed by atoms with Gasteiger partial charge in [-0.25, -0.2) is 0 Å². The molecule has 1 aliphatic rings. The molecule has 0 spiro atoms. The van der Waals surface area contributed by atoms with Gasteiger partial charge in [0.05, 0.1) is 12.7 Å². The maximum absolute atomic E-state index is 9.80. The number of benzene rings is 1. The van der Waals surface area contributed by atoms with Gasteiger partial charge in [-0.15, -0.1) is 0 Å². The van der Waals surface area contributed by atoms with E-state index in [2.05, 4.69) is 0 Å². The highest BCUT2D eigenvalue weighted by Gasteiger charge is 2.23. The van der Waals surface area contributed by atoms with Crippen LogP contribution in [0, 0.1) is 0 Å². The monoisotopic (exact) mass is 179 g/mol. The molecule has 0 aliphatic carbocycles. The molecule has 1 heterocycles. The summed E-state index contributed by atoms with van der Waals surface area (Å²) in [6.07, 6.45) is 0.0919. The number of rotatable bonds is 0. The van der Waals surface area contributed by atoms with Crippen LogP contribution in [-0.2, 0) is 0 Å². The van der Waals surface area contributed by atoms with Gasteiger partial charge in [0.15, 0.2) is 0 Å². The lowest BCUT2D eigenvalue weighted by Gasteiger charge is -2.15. The minimum Gasteiger partial charge on any atom is -0.493 e. The standard InChI is InChI=1S/C10H13NO2/c11-8-5-6-13-9-4-2-1-3-7(9)10(8)12/h1-4,8,10,12H,5-6,11H2/t8-,10+/m0/s1. The van der Waals surface area contributed by atoms with Gasteiger partial charge in [-0.3, -0.25) is 0 Å². The van der Waals surface area contributed by atoms with Crippen LogP contribution in [-0.4, -0.2) is 17.8 Å². The fourth-order valence-corrected chi connectivity index (χ4v) is 1.55. The Morgan fingerprint density at radius 3 is 3.00 bits per heavy atom. The molecule has 3 heteroatoms. The Bertz CT molecular complexity index is 301. The van der Waals surface area contributed by atoms with E-state index < -0.39 is 6.10 Å². The van der Waals surface area contributed by atoms with Gasteiger partial charge in [-0.1, -0.05) is 18.2 Å². The third kappa shape index (κ3) is 1.53. The molecule has 0 aromatic heterocycles. The maximum Gasteiger partial charge on any atom is 0.125 e. The topological polar surface area (TPSA) is 55.5 Å². The third-order valence-electron chi connectivity index (χ3n) is 2.35. The van der Waals surface area contributed by atoms with Gasteiger partial charge in [0, 0.05) is 11.6 Å². The van der Waals surface area contributed by atoms with Crippen molar-refractivity contribution >= 4 is 0 Å². The second kappa shape index (κ2) is 3.36. The first-order chi connectivity index (χ1) is 6.29. The highest BCUT2D eigenvalue weighted by atomic mass is 16.5. The van der Waals surface area contributed by atoms with Crippen LogP contribution in [0.15, 0.2) is 24.3 Å². The van der Waals surface area contributed by atoms with E-state index in [1.165, 1.54) is 0 Å². The molecular weight excluding hydrogens is 166 g/mol. The Labute approximate surface area is 77.1 Å². The van der Waals surface area contributed by atoms with Gasteiger partial charge in [-0.05, 0) is 12.5 Å². The van der Waals surface area contributed by atoms with Crippen LogP contribution in [0.3, 0.4) is 0 Å². The molecule has 0 amide bonds. The largest absolute Gasteiger partial charge is 0.493 e. The summed E-state index contributed by atoms with van der Waals surface area (Å²) in [5, 5.41) is 9.80. The number of aliphatic hydroxyl groups excluding tert-OH is 1. The lowest BCUT2D eigenvalue weighted by atomic mass is 10.0. The van der Waals surface area contributed by atoms with E-state index in [9.17, 15) is 5.11 Å². The van der Waals surface area contributed by atoms with Gasteiger partial charge in [0.1, 0.15) is 5.75 Å². The average molecular weight is 179 g/mol.